The lowest BCUT2D eigenvalue weighted by Crippen LogP contribution is -2.14. The molecule has 1 atom stereocenters. The lowest BCUT2D eigenvalue weighted by molar-refractivity contribution is -0.115. The Balaban J connectivity index is 1.92. The van der Waals surface area contributed by atoms with E-state index in [0.29, 0.717) is 22.9 Å². The van der Waals surface area contributed by atoms with Gasteiger partial charge in [-0.25, -0.2) is 4.39 Å². The second-order valence-electron chi connectivity index (χ2n) is 4.66. The van der Waals surface area contributed by atoms with E-state index in [2.05, 4.69) is 5.32 Å². The van der Waals surface area contributed by atoms with Gasteiger partial charge in [-0.3, -0.25) is 9.00 Å². The van der Waals surface area contributed by atoms with Gasteiger partial charge in [-0.15, -0.1) is 0 Å². The number of halogens is 1. The van der Waals surface area contributed by atoms with Crippen molar-refractivity contribution in [1.29, 1.82) is 0 Å². The van der Waals surface area contributed by atoms with Crippen molar-refractivity contribution < 1.29 is 18.1 Å². The molecule has 1 amide bonds. The number of hydrogen-bond donors (Lipinski definition) is 1. The van der Waals surface area contributed by atoms with Crippen molar-refractivity contribution in [3.8, 4) is 11.5 Å². The SMILES string of the molecule is CS(=O)CCC(=O)Nc1ccc(Oc2cccc(F)c2)cc1. The third-order valence-corrected chi connectivity index (χ3v) is 3.57. The second kappa shape index (κ2) is 7.70. The molecule has 0 spiro atoms. The number of benzene rings is 2. The predicted molar refractivity (Wildman–Crippen MR) is 85.1 cm³/mol. The van der Waals surface area contributed by atoms with E-state index in [4.69, 9.17) is 4.74 Å². The molecule has 0 aromatic heterocycles. The van der Waals surface area contributed by atoms with E-state index in [1.807, 2.05) is 0 Å². The molecule has 2 aromatic carbocycles. The number of hydrogen-bond acceptors (Lipinski definition) is 3. The van der Waals surface area contributed by atoms with Gasteiger partial charge in [0.15, 0.2) is 0 Å². The van der Waals surface area contributed by atoms with Crippen molar-refractivity contribution in [2.45, 2.75) is 6.42 Å². The highest BCUT2D eigenvalue weighted by molar-refractivity contribution is 7.84. The van der Waals surface area contributed by atoms with Crippen molar-refractivity contribution in [3.05, 3.63) is 54.3 Å². The van der Waals surface area contributed by atoms with Crippen LogP contribution in [0.5, 0.6) is 11.5 Å². The van der Waals surface area contributed by atoms with Crippen molar-refractivity contribution >= 4 is 22.4 Å². The summed E-state index contributed by atoms with van der Waals surface area (Å²) in [5.74, 6) is 0.733. The summed E-state index contributed by atoms with van der Waals surface area (Å²) in [5, 5.41) is 2.71. The van der Waals surface area contributed by atoms with E-state index >= 15 is 0 Å². The first-order valence-corrected chi connectivity index (χ1v) is 8.39. The van der Waals surface area contributed by atoms with Gasteiger partial charge >= 0.3 is 0 Å². The molecule has 0 aliphatic carbocycles. The van der Waals surface area contributed by atoms with Crippen LogP contribution in [0.2, 0.25) is 0 Å². The Morgan fingerprint density at radius 1 is 1.18 bits per heavy atom. The van der Waals surface area contributed by atoms with Crippen molar-refractivity contribution in [2.24, 2.45) is 0 Å². The van der Waals surface area contributed by atoms with Gasteiger partial charge in [0.1, 0.15) is 17.3 Å². The summed E-state index contributed by atoms with van der Waals surface area (Å²) < 4.78 is 29.5. The normalized spacial score (nSPS) is 11.7. The average molecular weight is 321 g/mol. The number of rotatable bonds is 6. The third kappa shape index (κ3) is 5.29. The van der Waals surface area contributed by atoms with Crippen LogP contribution in [0.25, 0.3) is 0 Å². The molecule has 116 valence electrons. The molecule has 0 aliphatic heterocycles. The number of nitrogens with one attached hydrogen (secondary N) is 1. The smallest absolute Gasteiger partial charge is 0.225 e. The molecule has 0 saturated heterocycles. The number of carbonyl (C=O) groups is 1. The minimum Gasteiger partial charge on any atom is -0.457 e. The van der Waals surface area contributed by atoms with Crippen LogP contribution in [0.3, 0.4) is 0 Å². The van der Waals surface area contributed by atoms with Gasteiger partial charge in [-0.2, -0.15) is 0 Å². The van der Waals surface area contributed by atoms with Gasteiger partial charge in [0, 0.05) is 41.0 Å². The van der Waals surface area contributed by atoms with Gasteiger partial charge in [0.2, 0.25) is 5.91 Å². The zero-order chi connectivity index (χ0) is 15.9. The summed E-state index contributed by atoms with van der Waals surface area (Å²) in [7, 11) is -0.984. The van der Waals surface area contributed by atoms with E-state index in [9.17, 15) is 13.4 Å². The Labute approximate surface area is 130 Å². The molecular formula is C16H16FNO3S. The first-order chi connectivity index (χ1) is 10.5. The maximum atomic E-state index is 13.1. The van der Waals surface area contributed by atoms with Crippen LogP contribution in [0.15, 0.2) is 48.5 Å². The predicted octanol–water partition coefficient (Wildman–Crippen LogP) is 3.33. The highest BCUT2D eigenvalue weighted by Crippen LogP contribution is 2.23. The molecule has 0 aliphatic rings. The summed E-state index contributed by atoms with van der Waals surface area (Å²) in [4.78, 5) is 11.6. The first kappa shape index (κ1) is 16.2. The Hall–Kier alpha value is -2.21. The standard InChI is InChI=1S/C16H16FNO3S/c1-22(20)10-9-16(19)18-13-5-7-14(8-6-13)21-15-4-2-3-12(17)11-15/h2-8,11H,9-10H2,1H3,(H,18,19). The summed E-state index contributed by atoms with van der Waals surface area (Å²) in [6, 6.07) is 12.6. The number of carbonyl (C=O) groups excluding carboxylic acids is 1. The monoisotopic (exact) mass is 321 g/mol. The number of amides is 1. The lowest BCUT2D eigenvalue weighted by Gasteiger charge is -2.08. The van der Waals surface area contributed by atoms with Gasteiger partial charge in [0.25, 0.3) is 0 Å². The Morgan fingerprint density at radius 3 is 2.55 bits per heavy atom. The first-order valence-electron chi connectivity index (χ1n) is 6.66. The maximum absolute atomic E-state index is 13.1. The summed E-state index contributed by atoms with van der Waals surface area (Å²) >= 11 is 0. The van der Waals surface area contributed by atoms with Gasteiger partial charge < -0.3 is 10.1 Å². The molecule has 1 unspecified atom stereocenters. The zero-order valence-corrected chi connectivity index (χ0v) is 12.9. The van der Waals surface area contributed by atoms with Crippen molar-refractivity contribution in [3.63, 3.8) is 0 Å². The highest BCUT2D eigenvalue weighted by Gasteiger charge is 2.04. The Morgan fingerprint density at radius 2 is 1.91 bits per heavy atom. The van der Waals surface area contributed by atoms with E-state index in [0.717, 1.165) is 0 Å². The third-order valence-electron chi connectivity index (χ3n) is 2.79. The minimum absolute atomic E-state index is 0.186. The summed E-state index contributed by atoms with van der Waals surface area (Å²) in [5.41, 5.74) is 0.624. The fourth-order valence-corrected chi connectivity index (χ4v) is 2.21. The Kier molecular flexibility index (Phi) is 5.66. The van der Waals surface area contributed by atoms with Crippen LogP contribution in [0, 0.1) is 5.82 Å². The van der Waals surface area contributed by atoms with Gasteiger partial charge in [-0.1, -0.05) is 6.07 Å². The quantitative estimate of drug-likeness (QED) is 0.888. The van der Waals surface area contributed by atoms with Crippen molar-refractivity contribution in [2.75, 3.05) is 17.3 Å². The zero-order valence-electron chi connectivity index (χ0n) is 12.0. The fraction of sp³-hybridized carbons (Fsp3) is 0.188. The number of anilines is 1. The molecule has 0 heterocycles. The van der Waals surface area contributed by atoms with E-state index in [1.165, 1.54) is 12.1 Å². The molecule has 0 radical (unpaired) electrons. The molecule has 0 saturated carbocycles. The van der Waals surface area contributed by atoms with Gasteiger partial charge in [0.05, 0.1) is 0 Å². The largest absolute Gasteiger partial charge is 0.457 e. The molecule has 2 aromatic rings. The van der Waals surface area contributed by atoms with Crippen LogP contribution in [-0.4, -0.2) is 22.1 Å². The number of ether oxygens (including phenoxy) is 1. The minimum atomic E-state index is -0.984. The molecule has 22 heavy (non-hydrogen) atoms. The fourth-order valence-electron chi connectivity index (χ4n) is 1.73. The van der Waals surface area contributed by atoms with Gasteiger partial charge in [-0.05, 0) is 36.4 Å². The molecule has 0 fully saturated rings. The molecule has 6 heteroatoms. The summed E-state index contributed by atoms with van der Waals surface area (Å²) in [6.07, 6.45) is 1.77. The average Bonchev–Trinajstić information content (AvgIpc) is 2.47. The van der Waals surface area contributed by atoms with Crippen LogP contribution >= 0.6 is 0 Å². The van der Waals surface area contributed by atoms with E-state index in [-0.39, 0.29) is 18.1 Å². The molecule has 4 nitrogen and oxygen atoms in total. The van der Waals surface area contributed by atoms with Crippen LogP contribution in [0.4, 0.5) is 10.1 Å². The van der Waals surface area contributed by atoms with E-state index < -0.39 is 10.8 Å². The maximum Gasteiger partial charge on any atom is 0.225 e. The van der Waals surface area contributed by atoms with Crippen LogP contribution < -0.4 is 10.1 Å². The highest BCUT2D eigenvalue weighted by atomic mass is 32.2. The summed E-state index contributed by atoms with van der Waals surface area (Å²) in [6.45, 7) is 0. The molecular weight excluding hydrogens is 305 g/mol. The van der Waals surface area contributed by atoms with E-state index in [1.54, 1.807) is 42.7 Å². The molecule has 0 bridgehead atoms. The lowest BCUT2D eigenvalue weighted by atomic mass is 10.3. The molecule has 2 rings (SSSR count). The topological polar surface area (TPSA) is 55.4 Å². The van der Waals surface area contributed by atoms with Crippen molar-refractivity contribution in [1.82, 2.24) is 0 Å². The Bertz CT molecular complexity index is 673. The molecule has 1 N–H and O–H groups in total. The van der Waals surface area contributed by atoms with Crippen LogP contribution in [-0.2, 0) is 15.6 Å². The second-order valence-corrected chi connectivity index (χ2v) is 6.21. The van der Waals surface area contributed by atoms with Crippen LogP contribution in [0.1, 0.15) is 6.42 Å².